The maximum absolute atomic E-state index is 9.14. The van der Waals surface area contributed by atoms with E-state index in [2.05, 4.69) is 26.0 Å². The number of hydrogen-bond acceptors (Lipinski definition) is 3. The van der Waals surface area contributed by atoms with Crippen LogP contribution in [0.3, 0.4) is 0 Å². The second kappa shape index (κ2) is 3.14. The molecule has 0 amide bonds. The summed E-state index contributed by atoms with van der Waals surface area (Å²) in [4.78, 5) is 0. The Hall–Kier alpha value is 0.610. The van der Waals surface area contributed by atoms with E-state index in [1.54, 1.807) is 0 Å². The fourth-order valence-corrected chi connectivity index (χ4v) is 1.66. The largest absolute Gasteiger partial charge is 0.391 e. The molecule has 2 unspecified atom stereocenters. The van der Waals surface area contributed by atoms with Crippen molar-refractivity contribution in [3.8, 4) is 0 Å². The molecule has 3 nitrogen and oxygen atoms in total. The van der Waals surface area contributed by atoms with Crippen LogP contribution >= 0.6 is 22.9 Å². The lowest BCUT2D eigenvalue weighted by Gasteiger charge is -2.29. The van der Waals surface area contributed by atoms with E-state index < -0.39 is 0 Å². The number of aliphatic hydroxyl groups is 1. The number of nitrogens with two attached hydrogens (primary N) is 1. The van der Waals surface area contributed by atoms with Gasteiger partial charge in [0.25, 0.3) is 0 Å². The van der Waals surface area contributed by atoms with Gasteiger partial charge >= 0.3 is 0 Å². The van der Waals surface area contributed by atoms with Gasteiger partial charge in [0.05, 0.1) is 6.10 Å². The summed E-state index contributed by atoms with van der Waals surface area (Å²) in [6, 6.07) is -0.0457. The fourth-order valence-electron chi connectivity index (χ4n) is 0.928. The first-order valence-corrected chi connectivity index (χ1v) is 4.01. The minimum absolute atomic E-state index is 0.0457. The van der Waals surface area contributed by atoms with Gasteiger partial charge in [-0.25, -0.2) is 3.11 Å². The summed E-state index contributed by atoms with van der Waals surface area (Å²) < 4.78 is 2.11. The molecule has 1 fully saturated rings. The summed E-state index contributed by atoms with van der Waals surface area (Å²) in [5.41, 5.74) is 5.57. The minimum atomic E-state index is -0.281. The molecular formula is C5H11IN2O. The van der Waals surface area contributed by atoms with E-state index in [1.807, 2.05) is 0 Å². The number of rotatable bonds is 0. The van der Waals surface area contributed by atoms with Crippen molar-refractivity contribution < 1.29 is 5.11 Å². The molecule has 1 rings (SSSR count). The Balaban J connectivity index is 2.35. The van der Waals surface area contributed by atoms with Gasteiger partial charge in [0, 0.05) is 42.0 Å². The number of aliphatic hydroxyl groups excluding tert-OH is 1. The van der Waals surface area contributed by atoms with Gasteiger partial charge in [0.15, 0.2) is 0 Å². The summed E-state index contributed by atoms with van der Waals surface area (Å²) in [5.74, 6) is 0. The Kier molecular flexibility index (Phi) is 2.69. The van der Waals surface area contributed by atoms with Gasteiger partial charge < -0.3 is 10.8 Å². The van der Waals surface area contributed by atoms with Crippen LogP contribution in [0.15, 0.2) is 0 Å². The summed E-state index contributed by atoms with van der Waals surface area (Å²) in [7, 11) is 0. The van der Waals surface area contributed by atoms with Gasteiger partial charge in [-0.3, -0.25) is 0 Å². The van der Waals surface area contributed by atoms with Crippen LogP contribution in [0, 0.1) is 0 Å². The van der Waals surface area contributed by atoms with Crippen LogP contribution in [0.5, 0.6) is 0 Å². The molecule has 4 heteroatoms. The van der Waals surface area contributed by atoms with Gasteiger partial charge in [-0.15, -0.1) is 0 Å². The molecule has 54 valence electrons. The topological polar surface area (TPSA) is 49.5 Å². The third-order valence-corrected chi connectivity index (χ3v) is 2.45. The molecule has 9 heavy (non-hydrogen) atoms. The zero-order chi connectivity index (χ0) is 6.85. The minimum Gasteiger partial charge on any atom is -0.391 e. The Labute approximate surface area is 68.7 Å². The van der Waals surface area contributed by atoms with Crippen LogP contribution in [0.25, 0.3) is 0 Å². The van der Waals surface area contributed by atoms with Crippen LogP contribution in [0.1, 0.15) is 6.42 Å². The fraction of sp³-hybridized carbons (Fsp3) is 1.00. The van der Waals surface area contributed by atoms with Crippen LogP contribution in [0.2, 0.25) is 0 Å². The van der Waals surface area contributed by atoms with Crippen molar-refractivity contribution in [2.75, 3.05) is 13.1 Å². The molecule has 0 bridgehead atoms. The first kappa shape index (κ1) is 7.71. The number of piperidine rings is 1. The predicted octanol–water partition coefficient (Wildman–Crippen LogP) is -0.270. The van der Waals surface area contributed by atoms with E-state index in [9.17, 15) is 0 Å². The zero-order valence-electron chi connectivity index (χ0n) is 5.13. The van der Waals surface area contributed by atoms with Crippen LogP contribution in [-0.4, -0.2) is 33.5 Å². The van der Waals surface area contributed by atoms with Crippen molar-refractivity contribution in [2.24, 2.45) is 5.73 Å². The molecule has 0 aliphatic carbocycles. The molecule has 1 aliphatic rings. The van der Waals surface area contributed by atoms with Crippen molar-refractivity contribution >= 4 is 22.9 Å². The highest BCUT2D eigenvalue weighted by atomic mass is 127. The molecule has 0 saturated carbocycles. The first-order valence-electron chi connectivity index (χ1n) is 3.04. The molecule has 0 aromatic rings. The van der Waals surface area contributed by atoms with E-state index in [4.69, 9.17) is 10.8 Å². The van der Waals surface area contributed by atoms with E-state index in [1.165, 1.54) is 0 Å². The summed E-state index contributed by atoms with van der Waals surface area (Å²) in [6.07, 6.45) is 0.528. The maximum atomic E-state index is 9.14. The van der Waals surface area contributed by atoms with Crippen LogP contribution in [-0.2, 0) is 0 Å². The predicted molar refractivity (Wildman–Crippen MR) is 44.2 cm³/mol. The number of hydrogen-bond donors (Lipinski definition) is 2. The van der Waals surface area contributed by atoms with Gasteiger partial charge in [-0.2, -0.15) is 0 Å². The van der Waals surface area contributed by atoms with E-state index >= 15 is 0 Å². The maximum Gasteiger partial charge on any atom is 0.0716 e. The van der Waals surface area contributed by atoms with Crippen molar-refractivity contribution in [2.45, 2.75) is 18.6 Å². The molecule has 0 spiro atoms. The van der Waals surface area contributed by atoms with Crippen molar-refractivity contribution in [1.82, 2.24) is 3.11 Å². The second-order valence-corrected chi connectivity index (χ2v) is 3.75. The Bertz CT molecular complexity index is 101. The third-order valence-electron chi connectivity index (χ3n) is 1.57. The Morgan fingerprint density at radius 1 is 1.67 bits per heavy atom. The van der Waals surface area contributed by atoms with Crippen LogP contribution < -0.4 is 5.73 Å². The van der Waals surface area contributed by atoms with E-state index in [0.29, 0.717) is 0 Å². The highest BCUT2D eigenvalue weighted by molar-refractivity contribution is 14.1. The van der Waals surface area contributed by atoms with Crippen molar-refractivity contribution in [3.05, 3.63) is 0 Å². The standard InChI is InChI=1S/C5H11IN2O/c6-8-2-1-5(9)4(7)3-8/h4-5,9H,1-3,7H2. The summed E-state index contributed by atoms with van der Waals surface area (Å²) in [5, 5.41) is 9.14. The van der Waals surface area contributed by atoms with Crippen molar-refractivity contribution in [1.29, 1.82) is 0 Å². The molecule has 0 radical (unpaired) electrons. The number of nitrogens with zero attached hydrogens (tertiary/aromatic N) is 1. The quantitative estimate of drug-likeness (QED) is 0.454. The molecule has 3 N–H and O–H groups in total. The smallest absolute Gasteiger partial charge is 0.0716 e. The van der Waals surface area contributed by atoms with E-state index in [-0.39, 0.29) is 12.1 Å². The van der Waals surface area contributed by atoms with Crippen molar-refractivity contribution in [3.63, 3.8) is 0 Å². The Morgan fingerprint density at radius 3 is 2.78 bits per heavy atom. The summed E-state index contributed by atoms with van der Waals surface area (Å²) >= 11 is 2.22. The van der Waals surface area contributed by atoms with Crippen LogP contribution in [0.4, 0.5) is 0 Å². The monoisotopic (exact) mass is 242 g/mol. The molecule has 0 aromatic carbocycles. The SMILES string of the molecule is NC1CN(I)CCC1O. The average Bonchev–Trinajstić information content (AvgIpc) is 1.80. The lowest BCUT2D eigenvalue weighted by molar-refractivity contribution is 0.0991. The molecule has 1 saturated heterocycles. The van der Waals surface area contributed by atoms with E-state index in [0.717, 1.165) is 19.5 Å². The lowest BCUT2D eigenvalue weighted by Crippen LogP contribution is -2.47. The highest BCUT2D eigenvalue weighted by Gasteiger charge is 2.22. The first-order chi connectivity index (χ1) is 4.20. The molecule has 0 aromatic heterocycles. The van der Waals surface area contributed by atoms with Gasteiger partial charge in [0.1, 0.15) is 0 Å². The second-order valence-electron chi connectivity index (χ2n) is 2.39. The normalized spacial score (nSPS) is 39.0. The van der Waals surface area contributed by atoms with Gasteiger partial charge in [-0.05, 0) is 6.42 Å². The van der Waals surface area contributed by atoms with Gasteiger partial charge in [0.2, 0.25) is 0 Å². The Morgan fingerprint density at radius 2 is 2.33 bits per heavy atom. The summed E-state index contributed by atoms with van der Waals surface area (Å²) in [6.45, 7) is 1.76. The zero-order valence-corrected chi connectivity index (χ0v) is 7.28. The molecular weight excluding hydrogens is 231 g/mol. The lowest BCUT2D eigenvalue weighted by atomic mass is 10.1. The average molecular weight is 242 g/mol. The molecule has 1 heterocycles. The highest BCUT2D eigenvalue weighted by Crippen LogP contribution is 2.12. The van der Waals surface area contributed by atoms with Gasteiger partial charge in [-0.1, -0.05) is 0 Å². The molecule has 2 atom stereocenters. The number of halogens is 1. The third kappa shape index (κ3) is 2.03. The molecule has 1 aliphatic heterocycles.